The number of rotatable bonds is 7. The molecule has 1 saturated carbocycles. The summed E-state index contributed by atoms with van der Waals surface area (Å²) in [6.07, 6.45) is 2.56. The maximum absolute atomic E-state index is 12.3. The highest BCUT2D eigenvalue weighted by atomic mass is 32.2. The van der Waals surface area contributed by atoms with Gasteiger partial charge in [-0.25, -0.2) is 0 Å². The van der Waals surface area contributed by atoms with Gasteiger partial charge in [0.25, 0.3) is 0 Å². The van der Waals surface area contributed by atoms with Crippen LogP contribution in [0.25, 0.3) is 0 Å². The highest BCUT2D eigenvalue weighted by Gasteiger charge is 2.30. The molecule has 29 heavy (non-hydrogen) atoms. The minimum Gasteiger partial charge on any atom is -0.486 e. The van der Waals surface area contributed by atoms with E-state index in [2.05, 4.69) is 21.3 Å². The number of fused-ring (bicyclic) bond motifs is 1. The van der Waals surface area contributed by atoms with E-state index in [1.54, 1.807) is 18.2 Å². The number of hydrogen-bond acceptors (Lipinski definition) is 7. The lowest BCUT2D eigenvalue weighted by atomic mass is 10.1. The topological polar surface area (TPSA) is 118 Å². The predicted molar refractivity (Wildman–Crippen MR) is 108 cm³/mol. The van der Waals surface area contributed by atoms with Crippen LogP contribution >= 0.6 is 11.8 Å². The molecule has 1 saturated heterocycles. The first kappa shape index (κ1) is 19.8. The Bertz CT molecular complexity index is 801. The van der Waals surface area contributed by atoms with Crippen LogP contribution in [-0.2, 0) is 14.4 Å². The lowest BCUT2D eigenvalue weighted by Crippen LogP contribution is -2.56. The minimum atomic E-state index is -0.416. The first-order chi connectivity index (χ1) is 14.0. The average Bonchev–Trinajstić information content (AvgIpc) is 3.49. The molecular weight excluding hydrogens is 396 g/mol. The van der Waals surface area contributed by atoms with Gasteiger partial charge in [-0.15, -0.1) is 11.8 Å². The first-order valence-electron chi connectivity index (χ1n) is 9.71. The number of carbonyl (C=O) groups excluding carboxylic acids is 3. The third kappa shape index (κ3) is 5.77. The maximum Gasteiger partial charge on any atom is 0.234 e. The van der Waals surface area contributed by atoms with Crippen molar-refractivity contribution in [1.29, 1.82) is 0 Å². The van der Waals surface area contributed by atoms with Gasteiger partial charge in [0.15, 0.2) is 11.5 Å². The van der Waals surface area contributed by atoms with Crippen molar-refractivity contribution in [2.24, 2.45) is 0 Å². The molecule has 1 aliphatic carbocycles. The highest BCUT2D eigenvalue weighted by Crippen LogP contribution is 2.32. The van der Waals surface area contributed by atoms with Crippen molar-refractivity contribution in [2.45, 2.75) is 43.3 Å². The number of nitrogens with one attached hydrogen (secondary N) is 4. The van der Waals surface area contributed by atoms with Crippen LogP contribution in [0.15, 0.2) is 18.2 Å². The quantitative estimate of drug-likeness (QED) is 0.509. The number of thioether (sulfide) groups is 1. The molecule has 2 atom stereocenters. The predicted octanol–water partition coefficient (Wildman–Crippen LogP) is 0.560. The standard InChI is InChI=1S/C19H24N4O5S/c24-16(20-11-1-2-11)8-13-9-17(25)23-19(22-13)29-10-18(26)21-12-3-4-14-15(7-12)28-6-5-27-14/h3-4,7,11,13,19,22H,1-2,5-6,8-10H2,(H,20,24)(H,21,26)(H,23,25). The Hall–Kier alpha value is -2.46. The normalized spacial score (nSPS) is 23.1. The van der Waals surface area contributed by atoms with E-state index < -0.39 is 5.50 Å². The van der Waals surface area contributed by atoms with Crippen LogP contribution in [0.5, 0.6) is 11.5 Å². The number of carbonyl (C=O) groups is 3. The van der Waals surface area contributed by atoms with Gasteiger partial charge in [0.2, 0.25) is 17.7 Å². The van der Waals surface area contributed by atoms with Gasteiger partial charge in [0.05, 0.1) is 5.75 Å². The molecule has 4 rings (SSSR count). The summed E-state index contributed by atoms with van der Waals surface area (Å²) in [4.78, 5) is 36.2. The molecule has 1 aromatic carbocycles. The second-order valence-corrected chi connectivity index (χ2v) is 8.37. The van der Waals surface area contributed by atoms with Crippen molar-refractivity contribution in [3.05, 3.63) is 18.2 Å². The SMILES string of the molecule is O=C(CSC1NC(=O)CC(CC(=O)NC2CC2)N1)Nc1ccc2c(c1)OCCO2. The zero-order chi connectivity index (χ0) is 20.2. The first-order valence-corrected chi connectivity index (χ1v) is 10.8. The van der Waals surface area contributed by atoms with Crippen LogP contribution in [0, 0.1) is 0 Å². The molecule has 10 heteroatoms. The smallest absolute Gasteiger partial charge is 0.234 e. The molecule has 2 fully saturated rings. The molecule has 2 unspecified atom stereocenters. The second-order valence-electron chi connectivity index (χ2n) is 7.28. The van der Waals surface area contributed by atoms with E-state index in [1.165, 1.54) is 11.8 Å². The van der Waals surface area contributed by atoms with Gasteiger partial charge in [-0.2, -0.15) is 0 Å². The van der Waals surface area contributed by atoms with Gasteiger partial charge < -0.3 is 25.4 Å². The van der Waals surface area contributed by atoms with Crippen molar-refractivity contribution >= 4 is 35.2 Å². The average molecular weight is 420 g/mol. The summed E-state index contributed by atoms with van der Waals surface area (Å²) in [6.45, 7) is 0.992. The Morgan fingerprint density at radius 2 is 1.93 bits per heavy atom. The molecule has 0 aromatic heterocycles. The zero-order valence-corrected chi connectivity index (χ0v) is 16.7. The van der Waals surface area contributed by atoms with Crippen LogP contribution in [0.1, 0.15) is 25.7 Å². The van der Waals surface area contributed by atoms with Crippen molar-refractivity contribution in [3.8, 4) is 11.5 Å². The van der Waals surface area contributed by atoms with Crippen LogP contribution in [0.3, 0.4) is 0 Å². The molecule has 3 amide bonds. The lowest BCUT2D eigenvalue weighted by Gasteiger charge is -2.30. The molecule has 156 valence electrons. The fraction of sp³-hybridized carbons (Fsp3) is 0.526. The number of benzene rings is 1. The van der Waals surface area contributed by atoms with E-state index in [0.29, 0.717) is 36.4 Å². The minimum absolute atomic E-state index is 0.0419. The molecule has 1 aromatic rings. The second kappa shape index (κ2) is 8.91. The third-order valence-electron chi connectivity index (χ3n) is 4.69. The lowest BCUT2D eigenvalue weighted by molar-refractivity contribution is -0.125. The van der Waals surface area contributed by atoms with Gasteiger partial charge in [-0.1, -0.05) is 0 Å². The summed E-state index contributed by atoms with van der Waals surface area (Å²) < 4.78 is 11.0. The summed E-state index contributed by atoms with van der Waals surface area (Å²) >= 11 is 1.27. The van der Waals surface area contributed by atoms with Gasteiger partial charge in [0.1, 0.15) is 18.7 Å². The monoisotopic (exact) mass is 420 g/mol. The van der Waals surface area contributed by atoms with Gasteiger partial charge >= 0.3 is 0 Å². The number of anilines is 1. The maximum atomic E-state index is 12.3. The van der Waals surface area contributed by atoms with Crippen molar-refractivity contribution < 1.29 is 23.9 Å². The van der Waals surface area contributed by atoms with E-state index in [9.17, 15) is 14.4 Å². The van der Waals surface area contributed by atoms with Gasteiger partial charge in [-0.05, 0) is 25.0 Å². The van der Waals surface area contributed by atoms with Crippen LogP contribution in [-0.4, -0.2) is 54.3 Å². The molecule has 0 bridgehead atoms. The summed E-state index contributed by atoms with van der Waals surface area (Å²) in [5.74, 6) is 1.05. The van der Waals surface area contributed by atoms with E-state index >= 15 is 0 Å². The Labute approximate surface area is 172 Å². The van der Waals surface area contributed by atoms with Crippen LogP contribution < -0.4 is 30.7 Å². The summed E-state index contributed by atoms with van der Waals surface area (Å²) in [7, 11) is 0. The molecule has 0 radical (unpaired) electrons. The summed E-state index contributed by atoms with van der Waals surface area (Å²) in [5, 5.41) is 11.8. The van der Waals surface area contributed by atoms with E-state index in [-0.39, 0.29) is 42.4 Å². The zero-order valence-electron chi connectivity index (χ0n) is 15.9. The largest absolute Gasteiger partial charge is 0.486 e. The van der Waals surface area contributed by atoms with Gasteiger partial charge in [0, 0.05) is 36.7 Å². The Kier molecular flexibility index (Phi) is 6.10. The molecule has 9 nitrogen and oxygen atoms in total. The molecule has 2 aliphatic heterocycles. The molecule has 4 N–H and O–H groups in total. The van der Waals surface area contributed by atoms with Crippen molar-refractivity contribution in [2.75, 3.05) is 24.3 Å². The fourth-order valence-corrected chi connectivity index (χ4v) is 4.07. The van der Waals surface area contributed by atoms with Crippen molar-refractivity contribution in [1.82, 2.24) is 16.0 Å². The van der Waals surface area contributed by atoms with Gasteiger partial charge in [-0.3, -0.25) is 19.7 Å². The summed E-state index contributed by atoms with van der Waals surface area (Å²) in [6, 6.07) is 5.31. The Morgan fingerprint density at radius 1 is 1.14 bits per heavy atom. The number of amides is 3. The third-order valence-corrected chi connectivity index (χ3v) is 5.71. The Balaban J connectivity index is 1.23. The molecule has 0 spiro atoms. The van der Waals surface area contributed by atoms with E-state index in [1.807, 2.05) is 0 Å². The number of hydrogen-bond donors (Lipinski definition) is 4. The molecule has 3 aliphatic rings. The highest BCUT2D eigenvalue weighted by molar-refractivity contribution is 8.00. The van der Waals surface area contributed by atoms with Crippen LogP contribution in [0.2, 0.25) is 0 Å². The van der Waals surface area contributed by atoms with Crippen molar-refractivity contribution in [3.63, 3.8) is 0 Å². The summed E-state index contributed by atoms with van der Waals surface area (Å²) in [5.41, 5.74) is 0.205. The van der Waals surface area contributed by atoms with E-state index in [0.717, 1.165) is 12.8 Å². The van der Waals surface area contributed by atoms with Crippen LogP contribution in [0.4, 0.5) is 5.69 Å². The fourth-order valence-electron chi connectivity index (χ4n) is 3.18. The van der Waals surface area contributed by atoms with E-state index in [4.69, 9.17) is 9.47 Å². The molecular formula is C19H24N4O5S. The number of ether oxygens (including phenoxy) is 2. The molecule has 2 heterocycles. The Morgan fingerprint density at radius 3 is 2.72 bits per heavy atom.